The van der Waals surface area contributed by atoms with Crippen LogP contribution in [0.2, 0.25) is 0 Å². The number of aromatic nitrogens is 2. The number of carbonyl (C=O) groups excluding carboxylic acids is 1. The van der Waals surface area contributed by atoms with Gasteiger partial charge in [0, 0.05) is 18.3 Å². The number of hydrogen-bond acceptors (Lipinski definition) is 5. The van der Waals surface area contributed by atoms with Crippen LogP contribution in [0.25, 0.3) is 0 Å². The third-order valence-corrected chi connectivity index (χ3v) is 3.64. The molecular weight excluding hydrogens is 316 g/mol. The highest BCUT2D eigenvalue weighted by molar-refractivity contribution is 5.97. The van der Waals surface area contributed by atoms with Crippen molar-refractivity contribution in [1.82, 2.24) is 9.97 Å². The fourth-order valence-electron chi connectivity index (χ4n) is 2.40. The number of nitrogens with zero attached hydrogens (tertiary/aromatic N) is 2. The van der Waals surface area contributed by atoms with E-state index in [4.69, 9.17) is 10.5 Å². The molecule has 0 atom stereocenters. The molecule has 0 aliphatic carbocycles. The van der Waals surface area contributed by atoms with Crippen LogP contribution in [-0.2, 0) is 6.42 Å². The van der Waals surface area contributed by atoms with E-state index in [1.807, 2.05) is 54.6 Å². The van der Waals surface area contributed by atoms with Gasteiger partial charge >= 0.3 is 0 Å². The Hall–Kier alpha value is -3.41. The maximum Gasteiger partial charge on any atom is 0.254 e. The van der Waals surface area contributed by atoms with Crippen molar-refractivity contribution in [2.45, 2.75) is 6.42 Å². The number of benzene rings is 2. The molecule has 2 aromatic carbocycles. The molecule has 0 saturated heterocycles. The summed E-state index contributed by atoms with van der Waals surface area (Å²) in [7, 11) is 1.62. The van der Waals surface area contributed by atoms with E-state index >= 15 is 0 Å². The summed E-state index contributed by atoms with van der Waals surface area (Å²) < 4.78 is 5.23. The number of nitrogens with one attached hydrogen (secondary N) is 1. The third-order valence-electron chi connectivity index (χ3n) is 3.64. The van der Waals surface area contributed by atoms with Crippen molar-refractivity contribution in [2.75, 3.05) is 12.4 Å². The van der Waals surface area contributed by atoms with E-state index in [2.05, 4.69) is 15.3 Å². The molecule has 1 aromatic heterocycles. The Morgan fingerprint density at radius 3 is 2.68 bits per heavy atom. The number of hydrogen-bond donors (Lipinski definition) is 2. The van der Waals surface area contributed by atoms with E-state index in [0.717, 1.165) is 17.0 Å². The van der Waals surface area contributed by atoms with E-state index in [-0.39, 0.29) is 5.56 Å². The zero-order valence-corrected chi connectivity index (χ0v) is 13.8. The van der Waals surface area contributed by atoms with Gasteiger partial charge in [-0.1, -0.05) is 30.3 Å². The van der Waals surface area contributed by atoms with E-state index in [0.29, 0.717) is 18.1 Å². The summed E-state index contributed by atoms with van der Waals surface area (Å²) in [5.74, 6) is 1.17. The van der Waals surface area contributed by atoms with Crippen LogP contribution in [0.5, 0.6) is 5.75 Å². The van der Waals surface area contributed by atoms with Crippen LogP contribution in [0.4, 0.5) is 11.5 Å². The molecular formula is C19H18N4O2. The molecule has 3 aromatic rings. The molecule has 0 fully saturated rings. The molecule has 1 heterocycles. The fraction of sp³-hybridized carbons (Fsp3) is 0.105. The third kappa shape index (κ3) is 4.11. The zero-order valence-electron chi connectivity index (χ0n) is 13.8. The predicted molar refractivity (Wildman–Crippen MR) is 96.1 cm³/mol. The lowest BCUT2D eigenvalue weighted by Gasteiger charge is -2.11. The predicted octanol–water partition coefficient (Wildman–Crippen LogP) is 2.92. The smallest absolute Gasteiger partial charge is 0.254 e. The number of ether oxygens (including phenoxy) is 1. The van der Waals surface area contributed by atoms with E-state index < -0.39 is 5.91 Å². The second-order valence-corrected chi connectivity index (χ2v) is 5.43. The minimum atomic E-state index is -0.577. The first-order valence-corrected chi connectivity index (χ1v) is 7.76. The lowest BCUT2D eigenvalue weighted by atomic mass is 10.1. The summed E-state index contributed by atoms with van der Waals surface area (Å²) in [6.07, 6.45) is 1.97. The van der Waals surface area contributed by atoms with Gasteiger partial charge in [-0.15, -0.1) is 0 Å². The van der Waals surface area contributed by atoms with Gasteiger partial charge in [0.1, 0.15) is 23.0 Å². The van der Waals surface area contributed by atoms with Crippen LogP contribution in [0.1, 0.15) is 21.7 Å². The van der Waals surface area contributed by atoms with Gasteiger partial charge in [0.05, 0.1) is 7.11 Å². The van der Waals surface area contributed by atoms with Crippen LogP contribution in [0.3, 0.4) is 0 Å². The summed E-state index contributed by atoms with van der Waals surface area (Å²) in [4.78, 5) is 20.4. The number of amides is 1. The summed E-state index contributed by atoms with van der Waals surface area (Å²) >= 11 is 0. The van der Waals surface area contributed by atoms with Crippen LogP contribution in [-0.4, -0.2) is 23.0 Å². The van der Waals surface area contributed by atoms with Gasteiger partial charge < -0.3 is 15.8 Å². The van der Waals surface area contributed by atoms with Gasteiger partial charge in [-0.3, -0.25) is 4.79 Å². The molecule has 6 nitrogen and oxygen atoms in total. The van der Waals surface area contributed by atoms with Gasteiger partial charge in [0.2, 0.25) is 0 Å². The van der Waals surface area contributed by atoms with Crippen molar-refractivity contribution in [3.05, 3.63) is 77.7 Å². The number of primary amides is 1. The van der Waals surface area contributed by atoms with Crippen molar-refractivity contribution in [2.24, 2.45) is 5.73 Å². The lowest BCUT2D eigenvalue weighted by Crippen LogP contribution is -2.16. The SMILES string of the molecule is COc1cccc(Cc2ncc(C(N)=O)c(Nc3ccccc3)n2)c1. The minimum Gasteiger partial charge on any atom is -0.497 e. The van der Waals surface area contributed by atoms with Crippen LogP contribution >= 0.6 is 0 Å². The summed E-state index contributed by atoms with van der Waals surface area (Å²) in [5.41, 5.74) is 7.51. The van der Waals surface area contributed by atoms with Crippen LogP contribution in [0, 0.1) is 0 Å². The molecule has 0 aliphatic rings. The number of anilines is 2. The first kappa shape index (κ1) is 16.4. The first-order chi connectivity index (χ1) is 12.2. The summed E-state index contributed by atoms with van der Waals surface area (Å²) in [5, 5.41) is 3.13. The standard InChI is InChI=1S/C19H18N4O2/c1-25-15-9-5-6-13(10-15)11-17-21-12-16(18(20)24)19(23-17)22-14-7-3-2-4-8-14/h2-10,12H,11H2,1H3,(H2,20,24)(H,21,22,23). The fourth-order valence-corrected chi connectivity index (χ4v) is 2.40. The first-order valence-electron chi connectivity index (χ1n) is 7.76. The Kier molecular flexibility index (Phi) is 4.89. The number of carbonyl (C=O) groups is 1. The molecule has 3 N–H and O–H groups in total. The van der Waals surface area contributed by atoms with Crippen molar-refractivity contribution in [1.29, 1.82) is 0 Å². The highest BCUT2D eigenvalue weighted by Gasteiger charge is 2.13. The summed E-state index contributed by atoms with van der Waals surface area (Å²) in [6.45, 7) is 0. The van der Waals surface area contributed by atoms with E-state index in [9.17, 15) is 4.79 Å². The molecule has 0 radical (unpaired) electrons. The lowest BCUT2D eigenvalue weighted by molar-refractivity contribution is 0.100. The van der Waals surface area contributed by atoms with Crippen molar-refractivity contribution in [3.63, 3.8) is 0 Å². The average molecular weight is 334 g/mol. The Bertz CT molecular complexity index is 882. The van der Waals surface area contributed by atoms with E-state index in [1.54, 1.807) is 7.11 Å². The van der Waals surface area contributed by atoms with Gasteiger partial charge in [0.15, 0.2) is 0 Å². The maximum atomic E-state index is 11.7. The van der Waals surface area contributed by atoms with Crippen molar-refractivity contribution in [3.8, 4) is 5.75 Å². The molecule has 126 valence electrons. The Morgan fingerprint density at radius 1 is 1.16 bits per heavy atom. The molecule has 25 heavy (non-hydrogen) atoms. The van der Waals surface area contributed by atoms with Crippen LogP contribution in [0.15, 0.2) is 60.8 Å². The Balaban J connectivity index is 1.90. The molecule has 1 amide bonds. The monoisotopic (exact) mass is 334 g/mol. The van der Waals surface area contributed by atoms with Gasteiger partial charge in [-0.05, 0) is 29.8 Å². The maximum absolute atomic E-state index is 11.7. The largest absolute Gasteiger partial charge is 0.497 e. The highest BCUT2D eigenvalue weighted by atomic mass is 16.5. The molecule has 6 heteroatoms. The topological polar surface area (TPSA) is 90.1 Å². The molecule has 0 saturated carbocycles. The number of methoxy groups -OCH3 is 1. The molecule has 0 unspecified atom stereocenters. The zero-order chi connectivity index (χ0) is 17.6. The molecule has 0 spiro atoms. The number of para-hydroxylation sites is 1. The average Bonchev–Trinajstić information content (AvgIpc) is 2.63. The van der Waals surface area contributed by atoms with Gasteiger partial charge in [-0.2, -0.15) is 0 Å². The van der Waals surface area contributed by atoms with Gasteiger partial charge in [0.25, 0.3) is 5.91 Å². The molecule has 0 bridgehead atoms. The quantitative estimate of drug-likeness (QED) is 0.723. The second-order valence-electron chi connectivity index (χ2n) is 5.43. The highest BCUT2D eigenvalue weighted by Crippen LogP contribution is 2.20. The van der Waals surface area contributed by atoms with Crippen LogP contribution < -0.4 is 15.8 Å². The van der Waals surface area contributed by atoms with Crippen molar-refractivity contribution < 1.29 is 9.53 Å². The Morgan fingerprint density at radius 2 is 1.96 bits per heavy atom. The summed E-state index contributed by atoms with van der Waals surface area (Å²) in [6, 6.07) is 17.2. The van der Waals surface area contributed by atoms with Gasteiger partial charge in [-0.25, -0.2) is 9.97 Å². The second kappa shape index (κ2) is 7.44. The molecule has 0 aliphatic heterocycles. The molecule has 3 rings (SSSR count). The number of nitrogens with two attached hydrogens (primary N) is 1. The minimum absolute atomic E-state index is 0.248. The van der Waals surface area contributed by atoms with E-state index in [1.165, 1.54) is 6.20 Å². The van der Waals surface area contributed by atoms with Crippen molar-refractivity contribution >= 4 is 17.4 Å². The normalized spacial score (nSPS) is 10.3. The number of rotatable bonds is 6. The Labute approximate surface area is 145 Å².